The van der Waals surface area contributed by atoms with Crippen LogP contribution in [0.1, 0.15) is 22.3 Å². The maximum atomic E-state index is 12.0. The maximum absolute atomic E-state index is 12.0. The van der Waals surface area contributed by atoms with Crippen LogP contribution < -0.4 is 10.6 Å². The first-order valence-electron chi connectivity index (χ1n) is 20.7. The monoisotopic (exact) mass is 896 g/mol. The number of fused-ring (bicyclic) bond motifs is 2. The molecule has 2 aromatic heterocycles. The predicted molar refractivity (Wildman–Crippen MR) is 235 cm³/mol. The molecule has 2 amide bonds. The van der Waals surface area contributed by atoms with Gasteiger partial charge in [0.2, 0.25) is 11.9 Å². The summed E-state index contributed by atoms with van der Waals surface area (Å²) in [5.41, 5.74) is 8.12. The Hall–Kier alpha value is -4.52. The summed E-state index contributed by atoms with van der Waals surface area (Å²) < 4.78 is 50.2. The fraction of sp³-hybridized carbons (Fsp3) is 0.619. The molecular weight excluding hydrogens is 828 g/mol. The van der Waals surface area contributed by atoms with Crippen molar-refractivity contribution in [2.45, 2.75) is 27.7 Å². The molecule has 356 valence electrons. The highest BCUT2D eigenvalue weighted by atomic mass is 16.6. The van der Waals surface area contributed by atoms with Crippen molar-refractivity contribution in [2.24, 2.45) is 14.1 Å². The standard InChI is InChI=1S/C21H33N3O7.C11H13N3O2.C10H22O6/c1-16-14-18-19(15-17(16)2)24(3)20(22-18)23-21(26)31-13-12-30-11-10-29-9-8-28-7-6-27-5-4-25;1-6-4-8-9(5-7(6)2)14(3)10(12-8)13-11(15)16;11-1-3-13-5-7-15-9-10-16-8-6-14-4-2-12/h14-15,25H,4-13H2,1-3H3,(H,22,23,26);4-5H,1-3H3,(H,12,13)(H,15,16);11-12H,1-10H2. The number of rotatable bonds is 29. The third-order valence-corrected chi connectivity index (χ3v) is 8.82. The van der Waals surface area contributed by atoms with Crippen LogP contribution in [-0.2, 0) is 56.7 Å². The van der Waals surface area contributed by atoms with E-state index < -0.39 is 12.2 Å². The van der Waals surface area contributed by atoms with Crippen molar-refractivity contribution in [3.63, 3.8) is 0 Å². The third kappa shape index (κ3) is 22.6. The Morgan fingerprint density at radius 3 is 1.08 bits per heavy atom. The van der Waals surface area contributed by atoms with Crippen LogP contribution >= 0.6 is 0 Å². The number of aromatic nitrogens is 4. The highest BCUT2D eigenvalue weighted by Gasteiger charge is 2.13. The molecule has 4 rings (SSSR count). The normalized spacial score (nSPS) is 11.0. The number of nitrogens with one attached hydrogen (secondary N) is 2. The minimum absolute atomic E-state index is 0.0136. The molecule has 0 atom stereocenters. The van der Waals surface area contributed by atoms with Gasteiger partial charge in [-0.2, -0.15) is 0 Å². The zero-order valence-electron chi connectivity index (χ0n) is 37.5. The molecule has 0 unspecified atom stereocenters. The summed E-state index contributed by atoms with van der Waals surface area (Å²) in [6.45, 7) is 15.3. The van der Waals surface area contributed by atoms with Gasteiger partial charge in [-0.25, -0.2) is 19.6 Å². The summed E-state index contributed by atoms with van der Waals surface area (Å²) in [6.07, 6.45) is -1.68. The number of hydrogen-bond acceptors (Lipinski definition) is 16. The Balaban J connectivity index is 0.000000359. The van der Waals surface area contributed by atoms with Gasteiger partial charge in [-0.05, 0) is 74.2 Å². The number of anilines is 2. The number of aliphatic hydroxyl groups excluding tert-OH is 3. The van der Waals surface area contributed by atoms with Crippen molar-refractivity contribution in [2.75, 3.05) is 143 Å². The highest BCUT2D eigenvalue weighted by molar-refractivity contribution is 5.88. The Kier molecular flexibility index (Phi) is 28.7. The second-order valence-corrected chi connectivity index (χ2v) is 13.6. The van der Waals surface area contributed by atoms with Gasteiger partial charge in [0.05, 0.1) is 148 Å². The van der Waals surface area contributed by atoms with E-state index in [0.29, 0.717) is 111 Å². The first kappa shape index (κ1) is 54.6. The van der Waals surface area contributed by atoms with Crippen molar-refractivity contribution in [1.29, 1.82) is 0 Å². The molecule has 2 aromatic carbocycles. The fourth-order valence-electron chi connectivity index (χ4n) is 5.25. The number of ether oxygens (including phenoxy) is 9. The summed E-state index contributed by atoms with van der Waals surface area (Å²) in [5, 5.41) is 39.0. The Morgan fingerprint density at radius 1 is 0.476 bits per heavy atom. The average molecular weight is 897 g/mol. The van der Waals surface area contributed by atoms with Crippen LogP contribution in [0.25, 0.3) is 22.1 Å². The number of carbonyl (C=O) groups excluding carboxylic acids is 1. The second kappa shape index (κ2) is 33.1. The number of carbonyl (C=O) groups is 2. The lowest BCUT2D eigenvalue weighted by Crippen LogP contribution is -2.19. The van der Waals surface area contributed by atoms with Crippen molar-refractivity contribution < 1.29 is 72.6 Å². The van der Waals surface area contributed by atoms with Gasteiger partial charge < -0.3 is 72.2 Å². The molecule has 0 saturated heterocycles. The number of hydrogen-bond donors (Lipinski definition) is 6. The average Bonchev–Trinajstić information content (AvgIpc) is 3.70. The predicted octanol–water partition coefficient (Wildman–Crippen LogP) is 3.11. The van der Waals surface area contributed by atoms with Crippen molar-refractivity contribution in [3.8, 4) is 0 Å². The van der Waals surface area contributed by atoms with E-state index in [1.807, 2.05) is 63.6 Å². The van der Waals surface area contributed by atoms with Crippen molar-refractivity contribution in [3.05, 3.63) is 46.5 Å². The van der Waals surface area contributed by atoms with Crippen LogP contribution in [0.3, 0.4) is 0 Å². The SMILES string of the molecule is Cc1cc2nc(NC(=O)O)n(C)c2cc1C.Cc1cc2nc(NC(=O)OCCOCCOCCOCCOCCO)n(C)c2cc1C.OCCOCCOCCOCCOCCO. The smallest absolute Gasteiger partial charge is 0.414 e. The Bertz CT molecular complexity index is 1860. The molecule has 0 aliphatic carbocycles. The second-order valence-electron chi connectivity index (χ2n) is 13.6. The van der Waals surface area contributed by atoms with E-state index in [0.717, 1.165) is 38.8 Å². The summed E-state index contributed by atoms with van der Waals surface area (Å²) in [4.78, 5) is 31.2. The molecule has 4 aromatic rings. The first-order chi connectivity index (χ1) is 30.4. The number of amides is 2. The van der Waals surface area contributed by atoms with Crippen LogP contribution in [0.5, 0.6) is 0 Å². The van der Waals surface area contributed by atoms with Crippen LogP contribution in [-0.4, -0.2) is 184 Å². The van der Waals surface area contributed by atoms with Crippen LogP contribution in [0, 0.1) is 27.7 Å². The molecule has 2 heterocycles. The van der Waals surface area contributed by atoms with E-state index in [4.69, 9.17) is 63.1 Å². The number of benzene rings is 2. The minimum atomic E-state index is -1.10. The van der Waals surface area contributed by atoms with E-state index in [-0.39, 0.29) is 33.0 Å². The summed E-state index contributed by atoms with van der Waals surface area (Å²) >= 11 is 0. The highest BCUT2D eigenvalue weighted by Crippen LogP contribution is 2.23. The molecule has 0 radical (unpaired) electrons. The van der Waals surface area contributed by atoms with Crippen LogP contribution in [0.15, 0.2) is 24.3 Å². The van der Waals surface area contributed by atoms with Gasteiger partial charge in [0.25, 0.3) is 0 Å². The van der Waals surface area contributed by atoms with E-state index in [9.17, 15) is 9.59 Å². The molecule has 0 fully saturated rings. The van der Waals surface area contributed by atoms with Gasteiger partial charge in [0.15, 0.2) is 0 Å². The van der Waals surface area contributed by atoms with E-state index in [1.165, 1.54) is 5.56 Å². The van der Waals surface area contributed by atoms with E-state index in [2.05, 4.69) is 20.6 Å². The molecule has 21 nitrogen and oxygen atoms in total. The minimum Gasteiger partial charge on any atom is -0.465 e. The first-order valence-corrected chi connectivity index (χ1v) is 20.7. The molecule has 0 bridgehead atoms. The van der Waals surface area contributed by atoms with Gasteiger partial charge in [-0.15, -0.1) is 0 Å². The van der Waals surface area contributed by atoms with Gasteiger partial charge >= 0.3 is 12.2 Å². The van der Waals surface area contributed by atoms with Gasteiger partial charge in [-0.3, -0.25) is 10.6 Å². The number of aryl methyl sites for hydroxylation is 6. The zero-order valence-corrected chi connectivity index (χ0v) is 37.5. The van der Waals surface area contributed by atoms with E-state index >= 15 is 0 Å². The molecule has 0 aliphatic rings. The Labute approximate surface area is 368 Å². The largest absolute Gasteiger partial charge is 0.465 e. The molecule has 0 saturated carbocycles. The molecule has 63 heavy (non-hydrogen) atoms. The van der Waals surface area contributed by atoms with Crippen LogP contribution in [0.4, 0.5) is 21.5 Å². The van der Waals surface area contributed by atoms with Crippen molar-refractivity contribution >= 4 is 46.1 Å². The van der Waals surface area contributed by atoms with Gasteiger partial charge in [0, 0.05) is 14.1 Å². The number of nitrogens with zero attached hydrogens (tertiary/aromatic N) is 4. The maximum Gasteiger partial charge on any atom is 0.414 e. The van der Waals surface area contributed by atoms with Gasteiger partial charge in [0.1, 0.15) is 6.61 Å². The van der Waals surface area contributed by atoms with E-state index in [1.54, 1.807) is 11.6 Å². The van der Waals surface area contributed by atoms with Crippen molar-refractivity contribution in [1.82, 2.24) is 19.1 Å². The summed E-state index contributed by atoms with van der Waals surface area (Å²) in [7, 11) is 3.63. The molecule has 0 aliphatic heterocycles. The number of carboxylic acid groups (broad SMARTS) is 1. The lowest BCUT2D eigenvalue weighted by Gasteiger charge is -2.08. The molecule has 6 N–H and O–H groups in total. The molecule has 0 spiro atoms. The Morgan fingerprint density at radius 2 is 0.762 bits per heavy atom. The quantitative estimate of drug-likeness (QED) is 0.0428. The van der Waals surface area contributed by atoms with Gasteiger partial charge in [-0.1, -0.05) is 0 Å². The molecular formula is C42H68N6O15. The lowest BCUT2D eigenvalue weighted by molar-refractivity contribution is -0.00906. The van der Waals surface area contributed by atoms with Crippen LogP contribution in [0.2, 0.25) is 0 Å². The third-order valence-electron chi connectivity index (χ3n) is 8.82. The summed E-state index contributed by atoms with van der Waals surface area (Å²) in [5.74, 6) is 0.772. The summed E-state index contributed by atoms with van der Waals surface area (Å²) in [6, 6.07) is 8.00. The zero-order chi connectivity index (χ0) is 46.2. The number of aliphatic hydroxyl groups is 3. The lowest BCUT2D eigenvalue weighted by atomic mass is 10.1. The molecule has 21 heteroatoms. The topological polar surface area (TPSA) is 258 Å². The fourth-order valence-corrected chi connectivity index (χ4v) is 5.25. The number of imidazole rings is 2.